The molecule has 3 heteroatoms. The van der Waals surface area contributed by atoms with Gasteiger partial charge in [0.05, 0.1) is 5.56 Å². The summed E-state index contributed by atoms with van der Waals surface area (Å²) in [6.07, 6.45) is 10.2. The maximum absolute atomic E-state index is 11.6. The zero-order valence-electron chi connectivity index (χ0n) is 10.4. The molecule has 0 N–H and O–H groups in total. The van der Waals surface area contributed by atoms with Gasteiger partial charge in [0.1, 0.15) is 12.4 Å². The van der Waals surface area contributed by atoms with E-state index in [9.17, 15) is 4.79 Å². The van der Waals surface area contributed by atoms with E-state index in [1.165, 1.54) is 0 Å². The van der Waals surface area contributed by atoms with E-state index >= 15 is 0 Å². The number of aryl methyl sites for hydroxylation is 2. The van der Waals surface area contributed by atoms with Gasteiger partial charge in [0.15, 0.2) is 6.61 Å². The van der Waals surface area contributed by atoms with Gasteiger partial charge in [0, 0.05) is 0 Å². The third kappa shape index (κ3) is 3.30. The van der Waals surface area contributed by atoms with Gasteiger partial charge < -0.3 is 9.47 Å². The minimum Gasteiger partial charge on any atom is -0.480 e. The topological polar surface area (TPSA) is 35.5 Å². The van der Waals surface area contributed by atoms with E-state index in [0.29, 0.717) is 11.3 Å². The van der Waals surface area contributed by atoms with E-state index in [0.717, 1.165) is 11.1 Å². The zero-order valence-corrected chi connectivity index (χ0v) is 10.4. The van der Waals surface area contributed by atoms with Gasteiger partial charge in [0.2, 0.25) is 0 Å². The summed E-state index contributed by atoms with van der Waals surface area (Å²) in [5, 5.41) is 0. The summed E-state index contributed by atoms with van der Waals surface area (Å²) in [5.74, 6) is 4.90. The van der Waals surface area contributed by atoms with E-state index in [1.807, 2.05) is 13.8 Å². The second-order valence-electron chi connectivity index (χ2n) is 3.71. The van der Waals surface area contributed by atoms with Crippen LogP contribution < -0.4 is 4.74 Å². The number of hydrogen-bond donors (Lipinski definition) is 0. The van der Waals surface area contributed by atoms with E-state index in [4.69, 9.17) is 22.3 Å². The van der Waals surface area contributed by atoms with Crippen molar-refractivity contribution < 1.29 is 14.3 Å². The summed E-state index contributed by atoms with van der Waals surface area (Å²) in [6.45, 7) is 3.85. The van der Waals surface area contributed by atoms with Crippen molar-refractivity contribution in [2.45, 2.75) is 13.8 Å². The summed E-state index contributed by atoms with van der Waals surface area (Å²) in [4.78, 5) is 11.6. The van der Waals surface area contributed by atoms with E-state index in [-0.39, 0.29) is 13.2 Å². The van der Waals surface area contributed by atoms with Gasteiger partial charge in [-0.05, 0) is 37.1 Å². The van der Waals surface area contributed by atoms with Crippen LogP contribution >= 0.6 is 0 Å². The van der Waals surface area contributed by atoms with E-state index in [1.54, 1.807) is 12.1 Å². The normalized spacial score (nSPS) is 9.11. The Bertz CT molecular complexity index is 507. The molecule has 1 aromatic carbocycles. The van der Waals surface area contributed by atoms with Gasteiger partial charge >= 0.3 is 5.97 Å². The smallest absolute Gasteiger partial charge is 0.339 e. The van der Waals surface area contributed by atoms with Crippen molar-refractivity contribution in [3.63, 3.8) is 0 Å². The van der Waals surface area contributed by atoms with Crippen LogP contribution in [0.5, 0.6) is 5.75 Å². The average Bonchev–Trinajstić information content (AvgIpc) is 2.34. The second-order valence-corrected chi connectivity index (χ2v) is 3.71. The molecule has 0 spiro atoms. The number of carbonyl (C=O) groups is 1. The molecule has 0 heterocycles. The van der Waals surface area contributed by atoms with Gasteiger partial charge in [-0.15, -0.1) is 12.8 Å². The Morgan fingerprint density at radius 3 is 2.22 bits per heavy atom. The fraction of sp³-hybridized carbons (Fsp3) is 0.267. The van der Waals surface area contributed by atoms with Crippen molar-refractivity contribution in [3.8, 4) is 30.4 Å². The van der Waals surface area contributed by atoms with Crippen molar-refractivity contribution in [1.82, 2.24) is 0 Å². The third-order valence-electron chi connectivity index (χ3n) is 2.28. The van der Waals surface area contributed by atoms with Gasteiger partial charge in [-0.1, -0.05) is 11.8 Å². The van der Waals surface area contributed by atoms with Crippen molar-refractivity contribution in [1.29, 1.82) is 0 Å². The summed E-state index contributed by atoms with van der Waals surface area (Å²) in [5.41, 5.74) is 2.11. The molecule has 0 aliphatic rings. The van der Waals surface area contributed by atoms with Crippen molar-refractivity contribution in [3.05, 3.63) is 28.8 Å². The molecular formula is C15H14O3. The largest absolute Gasteiger partial charge is 0.480 e. The Morgan fingerprint density at radius 1 is 1.17 bits per heavy atom. The van der Waals surface area contributed by atoms with Crippen LogP contribution in [-0.2, 0) is 4.74 Å². The van der Waals surface area contributed by atoms with Crippen molar-refractivity contribution >= 4 is 5.97 Å². The molecule has 0 aromatic heterocycles. The number of esters is 1. The zero-order chi connectivity index (χ0) is 13.5. The lowest BCUT2D eigenvalue weighted by Crippen LogP contribution is -2.07. The molecule has 3 nitrogen and oxygen atoms in total. The molecule has 0 amide bonds. The van der Waals surface area contributed by atoms with Crippen LogP contribution in [0.15, 0.2) is 12.1 Å². The molecule has 0 aliphatic heterocycles. The first-order chi connectivity index (χ1) is 8.60. The third-order valence-corrected chi connectivity index (χ3v) is 2.28. The Kier molecular flexibility index (Phi) is 4.84. The lowest BCUT2D eigenvalue weighted by Gasteiger charge is -2.11. The number of rotatable bonds is 4. The van der Waals surface area contributed by atoms with Gasteiger partial charge in [-0.3, -0.25) is 0 Å². The molecule has 92 valence electrons. The highest BCUT2D eigenvalue weighted by atomic mass is 16.5. The summed E-state index contributed by atoms with van der Waals surface area (Å²) >= 11 is 0. The van der Waals surface area contributed by atoms with Crippen LogP contribution in [0, 0.1) is 38.5 Å². The maximum atomic E-state index is 11.6. The molecule has 0 radical (unpaired) electrons. The molecule has 0 fully saturated rings. The minimum atomic E-state index is -0.442. The van der Waals surface area contributed by atoms with Crippen LogP contribution in [0.4, 0.5) is 0 Å². The van der Waals surface area contributed by atoms with Crippen LogP contribution in [0.25, 0.3) is 0 Å². The van der Waals surface area contributed by atoms with Crippen molar-refractivity contribution in [2.75, 3.05) is 13.2 Å². The molecule has 1 aromatic rings. The molecule has 0 atom stereocenters. The summed E-state index contributed by atoms with van der Waals surface area (Å²) in [7, 11) is 0. The van der Waals surface area contributed by atoms with Gasteiger partial charge in [-0.2, -0.15) is 0 Å². The van der Waals surface area contributed by atoms with Gasteiger partial charge in [-0.25, -0.2) is 4.79 Å². The Balaban J connectivity index is 2.96. The Morgan fingerprint density at radius 2 is 1.72 bits per heavy atom. The Hall–Kier alpha value is -2.39. The number of hydrogen-bond acceptors (Lipinski definition) is 3. The lowest BCUT2D eigenvalue weighted by molar-refractivity contribution is 0.0556. The van der Waals surface area contributed by atoms with E-state index in [2.05, 4.69) is 11.8 Å². The quantitative estimate of drug-likeness (QED) is 0.599. The lowest BCUT2D eigenvalue weighted by atomic mass is 10.1. The molecule has 0 unspecified atom stereocenters. The highest BCUT2D eigenvalue weighted by Gasteiger charge is 2.12. The molecule has 1 rings (SSSR count). The molecule has 0 bridgehead atoms. The fourth-order valence-corrected chi connectivity index (χ4v) is 1.60. The number of benzene rings is 1. The van der Waals surface area contributed by atoms with Crippen LogP contribution in [-0.4, -0.2) is 19.2 Å². The second kappa shape index (κ2) is 6.37. The number of terminal acetylenes is 2. The maximum Gasteiger partial charge on any atom is 0.339 e. The van der Waals surface area contributed by atoms with Crippen LogP contribution in [0.2, 0.25) is 0 Å². The average molecular weight is 242 g/mol. The van der Waals surface area contributed by atoms with Crippen LogP contribution in [0.1, 0.15) is 21.5 Å². The number of carbonyl (C=O) groups excluding carboxylic acids is 1. The fourth-order valence-electron chi connectivity index (χ4n) is 1.60. The first-order valence-corrected chi connectivity index (χ1v) is 5.38. The predicted octanol–water partition coefficient (Wildman–Crippen LogP) is 2.11. The summed E-state index contributed by atoms with van der Waals surface area (Å²) in [6, 6.07) is 3.38. The van der Waals surface area contributed by atoms with Gasteiger partial charge in [0.25, 0.3) is 0 Å². The highest BCUT2D eigenvalue weighted by Crippen LogP contribution is 2.25. The molecule has 0 saturated heterocycles. The molecule has 0 saturated carbocycles. The summed E-state index contributed by atoms with van der Waals surface area (Å²) < 4.78 is 10.3. The molecular weight excluding hydrogens is 228 g/mol. The standard InChI is InChI=1S/C15H14O3/c1-5-7-17-14-11(3)9-13(10-12(14)4)15(16)18-8-6-2/h1-2,9-10H,7-8H2,3-4H3. The first-order valence-electron chi connectivity index (χ1n) is 5.38. The monoisotopic (exact) mass is 242 g/mol. The number of ether oxygens (including phenoxy) is 2. The predicted molar refractivity (Wildman–Crippen MR) is 69.4 cm³/mol. The SMILES string of the molecule is C#CCOC(=O)c1cc(C)c(OCC#C)c(C)c1. The highest BCUT2D eigenvalue weighted by molar-refractivity contribution is 5.90. The molecule has 0 aliphatic carbocycles. The van der Waals surface area contributed by atoms with E-state index < -0.39 is 5.97 Å². The minimum absolute atomic E-state index is 0.0354. The van der Waals surface area contributed by atoms with Crippen LogP contribution in [0.3, 0.4) is 0 Å². The Labute approximate surface area is 107 Å². The molecule has 18 heavy (non-hydrogen) atoms. The van der Waals surface area contributed by atoms with Crippen molar-refractivity contribution in [2.24, 2.45) is 0 Å². The first kappa shape index (κ1) is 13.7.